The van der Waals surface area contributed by atoms with Gasteiger partial charge in [0, 0.05) is 56.8 Å². The Kier molecular flexibility index (Phi) is 6.05. The third-order valence-corrected chi connectivity index (χ3v) is 7.92. The van der Waals surface area contributed by atoms with Crippen LogP contribution in [0.3, 0.4) is 0 Å². The first kappa shape index (κ1) is 20.5. The van der Waals surface area contributed by atoms with Crippen LogP contribution in [0.25, 0.3) is 0 Å². The van der Waals surface area contributed by atoms with Gasteiger partial charge in [-0.15, -0.1) is 10.2 Å². The molecule has 0 atom stereocenters. The highest BCUT2D eigenvalue weighted by molar-refractivity contribution is 9.10. The monoisotopic (exact) mass is 480 g/mol. The van der Waals surface area contributed by atoms with Gasteiger partial charge in [-0.05, 0) is 43.4 Å². The molecule has 2 saturated heterocycles. The maximum atomic E-state index is 12.8. The molecule has 2 aliphatic rings. The maximum Gasteiger partial charge on any atom is 0.243 e. The molecule has 1 aromatic heterocycles. The minimum absolute atomic E-state index is 0.325. The minimum atomic E-state index is -3.47. The second kappa shape index (κ2) is 8.55. The number of nitrogens with zero attached hydrogens (tertiary/aromatic N) is 6. The largest absolute Gasteiger partial charge is 0.353 e. The zero-order chi connectivity index (χ0) is 20.4. The van der Waals surface area contributed by atoms with E-state index in [1.54, 1.807) is 28.6 Å². The number of aromatic nitrogens is 2. The SMILES string of the molecule is CN1CCN(c2ccc(N3CCN(S(=O)(=O)c4ccc(Br)cc4)CC3)nn2)CC1. The second-order valence-electron chi connectivity index (χ2n) is 7.39. The molecule has 156 valence electrons. The van der Waals surface area contributed by atoms with Gasteiger partial charge in [0.1, 0.15) is 0 Å². The first-order chi connectivity index (χ1) is 13.9. The summed E-state index contributed by atoms with van der Waals surface area (Å²) in [6, 6.07) is 10.8. The van der Waals surface area contributed by atoms with Gasteiger partial charge < -0.3 is 14.7 Å². The fourth-order valence-corrected chi connectivity index (χ4v) is 5.29. The van der Waals surface area contributed by atoms with Crippen molar-refractivity contribution in [1.29, 1.82) is 0 Å². The maximum absolute atomic E-state index is 12.8. The molecule has 0 spiro atoms. The normalized spacial score (nSPS) is 19.5. The Morgan fingerprint density at radius 2 is 1.24 bits per heavy atom. The number of likely N-dealkylation sites (N-methyl/N-ethyl adjacent to an activating group) is 1. The number of hydrogen-bond acceptors (Lipinski definition) is 7. The summed E-state index contributed by atoms with van der Waals surface area (Å²) in [7, 11) is -1.34. The van der Waals surface area contributed by atoms with Crippen LogP contribution in [0, 0.1) is 0 Å². The lowest BCUT2D eigenvalue weighted by Crippen LogP contribution is -2.49. The Morgan fingerprint density at radius 1 is 0.759 bits per heavy atom. The van der Waals surface area contributed by atoms with Gasteiger partial charge in [0.25, 0.3) is 0 Å². The minimum Gasteiger partial charge on any atom is -0.353 e. The summed E-state index contributed by atoms with van der Waals surface area (Å²) in [6.45, 7) is 6.02. The molecule has 0 saturated carbocycles. The van der Waals surface area contributed by atoms with E-state index in [4.69, 9.17) is 0 Å². The molecular formula is C19H25BrN6O2S. The summed E-state index contributed by atoms with van der Waals surface area (Å²) in [4.78, 5) is 6.97. The van der Waals surface area contributed by atoms with Gasteiger partial charge in [-0.1, -0.05) is 15.9 Å². The van der Waals surface area contributed by atoms with Crippen molar-refractivity contribution in [3.8, 4) is 0 Å². The highest BCUT2D eigenvalue weighted by atomic mass is 79.9. The topological polar surface area (TPSA) is 72.9 Å². The van der Waals surface area contributed by atoms with Crippen LogP contribution < -0.4 is 9.80 Å². The zero-order valence-corrected chi connectivity index (χ0v) is 18.8. The molecule has 4 rings (SSSR count). The lowest BCUT2D eigenvalue weighted by molar-refractivity contribution is 0.312. The van der Waals surface area contributed by atoms with E-state index in [2.05, 4.69) is 47.9 Å². The van der Waals surface area contributed by atoms with Crippen LogP contribution in [-0.4, -0.2) is 87.2 Å². The standard InChI is InChI=1S/C19H25BrN6O2S/c1-23-8-10-24(11-9-23)18-6-7-19(22-21-18)25-12-14-26(15-13-25)29(27,28)17-4-2-16(20)3-5-17/h2-7H,8-15H2,1H3. The smallest absolute Gasteiger partial charge is 0.243 e. The van der Waals surface area contributed by atoms with E-state index in [1.165, 1.54) is 0 Å². The molecule has 2 fully saturated rings. The van der Waals surface area contributed by atoms with Crippen LogP contribution in [0.4, 0.5) is 11.6 Å². The second-order valence-corrected chi connectivity index (χ2v) is 10.2. The van der Waals surface area contributed by atoms with Crippen molar-refractivity contribution in [2.45, 2.75) is 4.90 Å². The summed E-state index contributed by atoms with van der Waals surface area (Å²) >= 11 is 3.34. The van der Waals surface area contributed by atoms with Gasteiger partial charge in [-0.2, -0.15) is 4.31 Å². The molecule has 0 amide bonds. The van der Waals surface area contributed by atoms with Crippen molar-refractivity contribution in [3.05, 3.63) is 40.9 Å². The molecule has 0 unspecified atom stereocenters. The molecule has 10 heteroatoms. The number of halogens is 1. The molecule has 1 aromatic carbocycles. The summed E-state index contributed by atoms with van der Waals surface area (Å²) in [5.74, 6) is 1.70. The van der Waals surface area contributed by atoms with Crippen LogP contribution >= 0.6 is 15.9 Å². The number of hydrogen-bond donors (Lipinski definition) is 0. The summed E-state index contributed by atoms with van der Waals surface area (Å²) in [6.07, 6.45) is 0. The third kappa shape index (κ3) is 4.55. The third-order valence-electron chi connectivity index (χ3n) is 5.48. The van der Waals surface area contributed by atoms with Crippen LogP contribution in [0.2, 0.25) is 0 Å². The van der Waals surface area contributed by atoms with Gasteiger partial charge in [0.05, 0.1) is 4.90 Å². The van der Waals surface area contributed by atoms with Gasteiger partial charge in [0.15, 0.2) is 11.6 Å². The molecule has 29 heavy (non-hydrogen) atoms. The summed E-state index contributed by atoms with van der Waals surface area (Å²) < 4.78 is 28.1. The quantitative estimate of drug-likeness (QED) is 0.656. The Hall–Kier alpha value is -1.75. The van der Waals surface area contributed by atoms with E-state index < -0.39 is 10.0 Å². The van der Waals surface area contributed by atoms with E-state index in [9.17, 15) is 8.42 Å². The predicted octanol–water partition coefficient (Wildman–Crippen LogP) is 1.50. The Morgan fingerprint density at radius 3 is 1.72 bits per heavy atom. The summed E-state index contributed by atoms with van der Waals surface area (Å²) in [5, 5.41) is 8.80. The lowest BCUT2D eigenvalue weighted by Gasteiger charge is -2.35. The van der Waals surface area contributed by atoms with Gasteiger partial charge >= 0.3 is 0 Å². The van der Waals surface area contributed by atoms with Crippen molar-refractivity contribution in [1.82, 2.24) is 19.4 Å². The molecular weight excluding hydrogens is 456 g/mol. The van der Waals surface area contributed by atoms with Crippen LogP contribution in [-0.2, 0) is 10.0 Å². The number of anilines is 2. The van der Waals surface area contributed by atoms with E-state index in [1.807, 2.05) is 12.1 Å². The Bertz CT molecular complexity index is 922. The van der Waals surface area contributed by atoms with Crippen molar-refractivity contribution < 1.29 is 8.42 Å². The van der Waals surface area contributed by atoms with Gasteiger partial charge in [-0.3, -0.25) is 0 Å². The Balaban J connectivity index is 1.37. The molecule has 0 aliphatic carbocycles. The van der Waals surface area contributed by atoms with Crippen molar-refractivity contribution >= 4 is 37.6 Å². The highest BCUT2D eigenvalue weighted by Gasteiger charge is 2.29. The van der Waals surface area contributed by atoms with Gasteiger partial charge in [0.2, 0.25) is 10.0 Å². The molecule has 3 heterocycles. The molecule has 0 radical (unpaired) electrons. The molecule has 2 aromatic rings. The average Bonchev–Trinajstić information content (AvgIpc) is 2.75. The van der Waals surface area contributed by atoms with Crippen LogP contribution in [0.1, 0.15) is 0 Å². The number of rotatable bonds is 4. The molecule has 8 nitrogen and oxygen atoms in total. The van der Waals surface area contributed by atoms with Crippen LogP contribution in [0.15, 0.2) is 45.8 Å². The molecule has 0 N–H and O–H groups in total. The number of piperazine rings is 2. The van der Waals surface area contributed by atoms with E-state index in [0.29, 0.717) is 31.1 Å². The van der Waals surface area contributed by atoms with Crippen molar-refractivity contribution in [2.75, 3.05) is 69.2 Å². The van der Waals surface area contributed by atoms with Crippen molar-refractivity contribution in [2.24, 2.45) is 0 Å². The zero-order valence-electron chi connectivity index (χ0n) is 16.4. The van der Waals surface area contributed by atoms with E-state index in [-0.39, 0.29) is 0 Å². The number of benzene rings is 1. The van der Waals surface area contributed by atoms with Crippen molar-refractivity contribution in [3.63, 3.8) is 0 Å². The first-order valence-corrected chi connectivity index (χ1v) is 11.9. The fraction of sp³-hybridized carbons (Fsp3) is 0.474. The van der Waals surface area contributed by atoms with Crippen LogP contribution in [0.5, 0.6) is 0 Å². The summed E-state index contributed by atoms with van der Waals surface area (Å²) in [5.41, 5.74) is 0. The highest BCUT2D eigenvalue weighted by Crippen LogP contribution is 2.22. The van der Waals surface area contributed by atoms with E-state index in [0.717, 1.165) is 42.3 Å². The lowest BCUT2D eigenvalue weighted by atomic mass is 10.3. The first-order valence-electron chi connectivity index (χ1n) is 9.71. The Labute approximate surface area is 180 Å². The number of sulfonamides is 1. The average molecular weight is 481 g/mol. The molecule has 0 bridgehead atoms. The molecule has 2 aliphatic heterocycles. The predicted molar refractivity (Wildman–Crippen MR) is 117 cm³/mol. The van der Waals surface area contributed by atoms with E-state index >= 15 is 0 Å². The fourth-order valence-electron chi connectivity index (χ4n) is 3.60. The van der Waals surface area contributed by atoms with Gasteiger partial charge in [-0.25, -0.2) is 8.42 Å².